The second-order valence-corrected chi connectivity index (χ2v) is 2.86. The summed E-state index contributed by atoms with van der Waals surface area (Å²) < 4.78 is 28.7. The van der Waals surface area contributed by atoms with E-state index in [1.165, 1.54) is 6.42 Å². The maximum Gasteiger partial charge on any atom is 0.118 e. The van der Waals surface area contributed by atoms with Crippen molar-refractivity contribution in [3.05, 3.63) is 0 Å². The first-order valence-corrected chi connectivity index (χ1v) is 4.58. The molecule has 74 valence electrons. The monoisotopic (exact) mass is 180 g/mol. The van der Waals surface area contributed by atoms with Gasteiger partial charge in [-0.15, -0.1) is 0 Å². The van der Waals surface area contributed by atoms with Gasteiger partial charge < -0.3 is 4.74 Å². The van der Waals surface area contributed by atoms with Crippen LogP contribution in [0.1, 0.15) is 32.6 Å². The van der Waals surface area contributed by atoms with Crippen LogP contribution in [0.15, 0.2) is 0 Å². The molecular weight excluding hydrogens is 162 g/mol. The fraction of sp³-hybridized carbons (Fsp3) is 1.00. The number of halogens is 2. The highest BCUT2D eigenvalue weighted by Crippen LogP contribution is 2.01. The standard InChI is InChI=1S/C9H18F2O/c1-2-3-4-5-6-12-9(7-10)8-11/h9H,2-8H2,1H3. The molecule has 0 aliphatic heterocycles. The van der Waals surface area contributed by atoms with Gasteiger partial charge in [0.2, 0.25) is 0 Å². The molecule has 0 aliphatic rings. The van der Waals surface area contributed by atoms with Crippen LogP contribution in [0, 0.1) is 0 Å². The largest absolute Gasteiger partial charge is 0.373 e. The van der Waals surface area contributed by atoms with Crippen LogP contribution in [-0.2, 0) is 4.74 Å². The first-order valence-electron chi connectivity index (χ1n) is 4.58. The van der Waals surface area contributed by atoms with E-state index >= 15 is 0 Å². The molecule has 0 N–H and O–H groups in total. The maximum atomic E-state index is 11.9. The summed E-state index contributed by atoms with van der Waals surface area (Å²) in [5, 5.41) is 0. The third-order valence-corrected chi connectivity index (χ3v) is 1.70. The van der Waals surface area contributed by atoms with E-state index in [0.29, 0.717) is 6.61 Å². The topological polar surface area (TPSA) is 9.23 Å². The van der Waals surface area contributed by atoms with E-state index in [1.807, 2.05) is 0 Å². The Morgan fingerprint density at radius 1 is 1.08 bits per heavy atom. The molecule has 0 aromatic carbocycles. The Morgan fingerprint density at radius 3 is 2.25 bits per heavy atom. The van der Waals surface area contributed by atoms with Gasteiger partial charge in [0.05, 0.1) is 0 Å². The van der Waals surface area contributed by atoms with Crippen LogP contribution in [-0.4, -0.2) is 26.1 Å². The van der Waals surface area contributed by atoms with Crippen molar-refractivity contribution in [2.75, 3.05) is 20.0 Å². The van der Waals surface area contributed by atoms with Crippen LogP contribution < -0.4 is 0 Å². The van der Waals surface area contributed by atoms with Crippen molar-refractivity contribution < 1.29 is 13.5 Å². The minimum atomic E-state index is -0.827. The molecule has 0 saturated heterocycles. The summed E-state index contributed by atoms with van der Waals surface area (Å²) in [5.74, 6) is 0. The van der Waals surface area contributed by atoms with Crippen molar-refractivity contribution in [1.29, 1.82) is 0 Å². The molecule has 12 heavy (non-hydrogen) atoms. The molecule has 0 spiro atoms. The van der Waals surface area contributed by atoms with Crippen molar-refractivity contribution >= 4 is 0 Å². The third kappa shape index (κ3) is 6.53. The first kappa shape index (κ1) is 11.8. The lowest BCUT2D eigenvalue weighted by Crippen LogP contribution is -2.18. The molecule has 0 saturated carbocycles. The highest BCUT2D eigenvalue weighted by molar-refractivity contribution is 4.52. The van der Waals surface area contributed by atoms with Gasteiger partial charge in [-0.1, -0.05) is 26.2 Å². The van der Waals surface area contributed by atoms with Crippen molar-refractivity contribution in [2.24, 2.45) is 0 Å². The van der Waals surface area contributed by atoms with E-state index in [1.54, 1.807) is 0 Å². The summed E-state index contributed by atoms with van der Waals surface area (Å²) in [4.78, 5) is 0. The zero-order valence-corrected chi connectivity index (χ0v) is 7.69. The summed E-state index contributed by atoms with van der Waals surface area (Å²) in [6, 6.07) is 0. The van der Waals surface area contributed by atoms with Gasteiger partial charge in [-0.05, 0) is 6.42 Å². The molecule has 0 amide bonds. The molecule has 0 unspecified atom stereocenters. The Balaban J connectivity index is 3.06. The smallest absolute Gasteiger partial charge is 0.118 e. The molecule has 0 aromatic rings. The Bertz CT molecular complexity index is 84.6. The molecule has 0 bridgehead atoms. The van der Waals surface area contributed by atoms with Gasteiger partial charge >= 0.3 is 0 Å². The lowest BCUT2D eigenvalue weighted by atomic mass is 10.2. The summed E-state index contributed by atoms with van der Waals surface area (Å²) in [7, 11) is 0. The second-order valence-electron chi connectivity index (χ2n) is 2.86. The van der Waals surface area contributed by atoms with Crippen LogP contribution in [0.2, 0.25) is 0 Å². The summed E-state index contributed by atoms with van der Waals surface area (Å²) >= 11 is 0. The molecule has 0 aliphatic carbocycles. The fourth-order valence-electron chi connectivity index (χ4n) is 0.909. The number of ether oxygens (including phenoxy) is 1. The molecule has 0 atom stereocenters. The zero-order valence-electron chi connectivity index (χ0n) is 7.69. The summed E-state index contributed by atoms with van der Waals surface area (Å²) in [6.07, 6.45) is 3.49. The van der Waals surface area contributed by atoms with E-state index in [2.05, 4.69) is 6.92 Å². The van der Waals surface area contributed by atoms with Crippen LogP contribution >= 0.6 is 0 Å². The summed E-state index contributed by atoms with van der Waals surface area (Å²) in [6.45, 7) is 1.17. The van der Waals surface area contributed by atoms with Crippen molar-refractivity contribution in [3.63, 3.8) is 0 Å². The first-order chi connectivity index (χ1) is 5.85. The zero-order chi connectivity index (χ0) is 9.23. The molecule has 0 aromatic heterocycles. The quantitative estimate of drug-likeness (QED) is 0.522. The van der Waals surface area contributed by atoms with Gasteiger partial charge in [0.25, 0.3) is 0 Å². The molecule has 0 fully saturated rings. The maximum absolute atomic E-state index is 11.9. The molecule has 0 heterocycles. The average Bonchev–Trinajstić information content (AvgIpc) is 2.11. The van der Waals surface area contributed by atoms with E-state index < -0.39 is 19.5 Å². The van der Waals surface area contributed by atoms with Gasteiger partial charge in [-0.2, -0.15) is 0 Å². The minimum absolute atomic E-state index is 0.485. The van der Waals surface area contributed by atoms with Crippen molar-refractivity contribution in [3.8, 4) is 0 Å². The Kier molecular flexibility index (Phi) is 8.78. The Hall–Kier alpha value is -0.180. The number of hydrogen-bond donors (Lipinski definition) is 0. The van der Waals surface area contributed by atoms with Crippen LogP contribution in [0.25, 0.3) is 0 Å². The van der Waals surface area contributed by atoms with Gasteiger partial charge in [0.15, 0.2) is 0 Å². The number of unbranched alkanes of at least 4 members (excludes halogenated alkanes) is 3. The van der Waals surface area contributed by atoms with Gasteiger partial charge in [-0.25, -0.2) is 8.78 Å². The molecule has 1 nitrogen and oxygen atoms in total. The average molecular weight is 180 g/mol. The van der Waals surface area contributed by atoms with Gasteiger partial charge in [0.1, 0.15) is 19.5 Å². The van der Waals surface area contributed by atoms with Crippen molar-refractivity contribution in [2.45, 2.75) is 38.7 Å². The van der Waals surface area contributed by atoms with Gasteiger partial charge in [0, 0.05) is 6.61 Å². The number of rotatable bonds is 8. The SMILES string of the molecule is CCCCCCOC(CF)CF. The lowest BCUT2D eigenvalue weighted by Gasteiger charge is -2.09. The van der Waals surface area contributed by atoms with Crippen molar-refractivity contribution in [1.82, 2.24) is 0 Å². The molecule has 0 rings (SSSR count). The normalized spacial score (nSPS) is 11.0. The molecular formula is C9H18F2O. The van der Waals surface area contributed by atoms with E-state index in [0.717, 1.165) is 19.3 Å². The molecule has 0 radical (unpaired) electrons. The second kappa shape index (κ2) is 8.91. The lowest BCUT2D eigenvalue weighted by molar-refractivity contribution is 0.0181. The highest BCUT2D eigenvalue weighted by Gasteiger charge is 2.06. The van der Waals surface area contributed by atoms with E-state index in [-0.39, 0.29) is 0 Å². The fourth-order valence-corrected chi connectivity index (χ4v) is 0.909. The van der Waals surface area contributed by atoms with Crippen LogP contribution in [0.5, 0.6) is 0 Å². The van der Waals surface area contributed by atoms with Crippen LogP contribution in [0.3, 0.4) is 0 Å². The number of hydrogen-bond acceptors (Lipinski definition) is 1. The third-order valence-electron chi connectivity index (χ3n) is 1.70. The molecule has 3 heteroatoms. The highest BCUT2D eigenvalue weighted by atomic mass is 19.1. The summed E-state index contributed by atoms with van der Waals surface area (Å²) in [5.41, 5.74) is 0. The van der Waals surface area contributed by atoms with Crippen LogP contribution in [0.4, 0.5) is 8.78 Å². The minimum Gasteiger partial charge on any atom is -0.373 e. The van der Waals surface area contributed by atoms with Gasteiger partial charge in [-0.3, -0.25) is 0 Å². The predicted molar refractivity (Wildman–Crippen MR) is 45.8 cm³/mol. The Labute approximate surface area is 73.1 Å². The van der Waals surface area contributed by atoms with E-state index in [4.69, 9.17) is 4.74 Å². The van der Waals surface area contributed by atoms with E-state index in [9.17, 15) is 8.78 Å². The number of alkyl halides is 2. The Morgan fingerprint density at radius 2 is 1.75 bits per heavy atom. The predicted octanol–water partition coefficient (Wildman–Crippen LogP) is 2.89.